The summed E-state index contributed by atoms with van der Waals surface area (Å²) >= 11 is 0. The second-order valence-electron chi connectivity index (χ2n) is 4.98. The molecule has 0 bridgehead atoms. The highest BCUT2D eigenvalue weighted by atomic mass is 16.5. The van der Waals surface area contributed by atoms with Crippen molar-refractivity contribution in [3.63, 3.8) is 0 Å². The predicted octanol–water partition coefficient (Wildman–Crippen LogP) is 1.46. The quantitative estimate of drug-likeness (QED) is 0.850. The summed E-state index contributed by atoms with van der Waals surface area (Å²) < 4.78 is 10.7. The van der Waals surface area contributed by atoms with Crippen LogP contribution in [0.15, 0.2) is 29.2 Å². The van der Waals surface area contributed by atoms with Crippen LogP contribution in [0.3, 0.4) is 0 Å². The molecule has 0 N–H and O–H groups in total. The number of carbonyl (C=O) groups excluding carboxylic acids is 1. The van der Waals surface area contributed by atoms with Crippen LogP contribution in [0.2, 0.25) is 0 Å². The lowest BCUT2D eigenvalue weighted by Gasteiger charge is -2.31. The molecule has 1 amide bonds. The van der Waals surface area contributed by atoms with Gasteiger partial charge in [-0.2, -0.15) is 0 Å². The second-order valence-corrected chi connectivity index (χ2v) is 4.98. The highest BCUT2D eigenvalue weighted by Gasteiger charge is 2.26. The molecule has 2 aromatic rings. The zero-order valence-electron chi connectivity index (χ0n) is 11.7. The second kappa shape index (κ2) is 5.90. The standard InChI is InChI=1S/C14H16N4O3/c1-10-8-12(17-21-10)14(19)18-6-2-11(3-7-18)20-13-9-15-4-5-16-13/h4-5,8-9,11H,2-3,6-7H2,1H3. The van der Waals surface area contributed by atoms with Crippen molar-refractivity contribution in [2.24, 2.45) is 0 Å². The van der Waals surface area contributed by atoms with Crippen LogP contribution in [-0.4, -0.2) is 45.1 Å². The molecule has 1 fully saturated rings. The first-order valence-electron chi connectivity index (χ1n) is 6.87. The summed E-state index contributed by atoms with van der Waals surface area (Å²) in [6, 6.07) is 1.66. The normalized spacial score (nSPS) is 16.0. The van der Waals surface area contributed by atoms with Crippen LogP contribution in [0.4, 0.5) is 0 Å². The SMILES string of the molecule is Cc1cc(C(=O)N2CCC(Oc3cnccn3)CC2)no1. The molecular weight excluding hydrogens is 272 g/mol. The summed E-state index contributed by atoms with van der Waals surface area (Å²) in [5.74, 6) is 1.07. The average molecular weight is 288 g/mol. The van der Waals surface area contributed by atoms with E-state index in [1.807, 2.05) is 0 Å². The topological polar surface area (TPSA) is 81.4 Å². The summed E-state index contributed by atoms with van der Waals surface area (Å²) in [5.41, 5.74) is 0.362. The van der Waals surface area contributed by atoms with Crippen LogP contribution < -0.4 is 4.74 Å². The van der Waals surface area contributed by atoms with Crippen LogP contribution >= 0.6 is 0 Å². The predicted molar refractivity (Wildman–Crippen MR) is 72.8 cm³/mol. The number of aromatic nitrogens is 3. The molecule has 0 radical (unpaired) electrons. The van der Waals surface area contributed by atoms with Crippen molar-refractivity contribution in [2.45, 2.75) is 25.9 Å². The Labute approximate surface area is 121 Å². The van der Waals surface area contributed by atoms with Gasteiger partial charge in [0.05, 0.1) is 6.20 Å². The van der Waals surface area contributed by atoms with E-state index in [1.165, 1.54) is 0 Å². The molecule has 1 saturated heterocycles. The lowest BCUT2D eigenvalue weighted by molar-refractivity contribution is 0.0578. The van der Waals surface area contributed by atoms with Gasteiger partial charge in [-0.3, -0.25) is 9.78 Å². The van der Waals surface area contributed by atoms with E-state index >= 15 is 0 Å². The Morgan fingerprint density at radius 2 is 2.19 bits per heavy atom. The van der Waals surface area contributed by atoms with Crippen molar-refractivity contribution in [3.8, 4) is 5.88 Å². The molecular formula is C14H16N4O3. The molecule has 1 aliphatic heterocycles. The highest BCUT2D eigenvalue weighted by Crippen LogP contribution is 2.18. The third kappa shape index (κ3) is 3.18. The van der Waals surface area contributed by atoms with Crippen molar-refractivity contribution in [3.05, 3.63) is 36.1 Å². The summed E-state index contributed by atoms with van der Waals surface area (Å²) in [7, 11) is 0. The Bertz CT molecular complexity index is 606. The number of ether oxygens (including phenoxy) is 1. The minimum absolute atomic E-state index is 0.0600. The Morgan fingerprint density at radius 1 is 1.38 bits per heavy atom. The molecule has 3 rings (SSSR count). The van der Waals surface area contributed by atoms with Gasteiger partial charge in [0.1, 0.15) is 11.9 Å². The minimum Gasteiger partial charge on any atom is -0.473 e. The van der Waals surface area contributed by atoms with E-state index < -0.39 is 0 Å². The lowest BCUT2D eigenvalue weighted by Crippen LogP contribution is -2.42. The van der Waals surface area contributed by atoms with Gasteiger partial charge in [-0.1, -0.05) is 5.16 Å². The molecule has 7 heteroatoms. The van der Waals surface area contributed by atoms with Crippen molar-refractivity contribution in [1.82, 2.24) is 20.0 Å². The number of aryl methyl sites for hydroxylation is 1. The first kappa shape index (κ1) is 13.5. The number of amides is 1. The fourth-order valence-electron chi connectivity index (χ4n) is 2.32. The molecule has 0 aliphatic carbocycles. The van der Waals surface area contributed by atoms with Crippen LogP contribution in [0.1, 0.15) is 29.1 Å². The van der Waals surface area contributed by atoms with E-state index in [4.69, 9.17) is 9.26 Å². The Hall–Kier alpha value is -2.44. The van der Waals surface area contributed by atoms with Crippen molar-refractivity contribution < 1.29 is 14.1 Å². The van der Waals surface area contributed by atoms with E-state index in [2.05, 4.69) is 15.1 Å². The van der Waals surface area contributed by atoms with Crippen LogP contribution in [0, 0.1) is 6.92 Å². The smallest absolute Gasteiger partial charge is 0.276 e. The maximum absolute atomic E-state index is 12.2. The van der Waals surface area contributed by atoms with E-state index in [1.54, 1.807) is 36.5 Å². The summed E-state index contributed by atoms with van der Waals surface area (Å²) in [5, 5.41) is 3.76. The third-order valence-electron chi connectivity index (χ3n) is 3.40. The van der Waals surface area contributed by atoms with Crippen LogP contribution in [-0.2, 0) is 0 Å². The molecule has 0 saturated carbocycles. The van der Waals surface area contributed by atoms with Gasteiger partial charge in [0, 0.05) is 44.4 Å². The van der Waals surface area contributed by atoms with Gasteiger partial charge in [0.15, 0.2) is 5.69 Å². The molecule has 1 aliphatic rings. The van der Waals surface area contributed by atoms with E-state index in [0.717, 1.165) is 12.8 Å². The number of piperidine rings is 1. The van der Waals surface area contributed by atoms with Crippen molar-refractivity contribution in [2.75, 3.05) is 13.1 Å². The molecule has 0 atom stereocenters. The number of hydrogen-bond donors (Lipinski definition) is 0. The Morgan fingerprint density at radius 3 is 2.81 bits per heavy atom. The summed E-state index contributed by atoms with van der Waals surface area (Å²) in [6.45, 7) is 3.04. The monoisotopic (exact) mass is 288 g/mol. The van der Waals surface area contributed by atoms with Gasteiger partial charge in [0.2, 0.25) is 5.88 Å². The molecule has 3 heterocycles. The number of likely N-dealkylation sites (tertiary alicyclic amines) is 1. The number of nitrogens with zero attached hydrogens (tertiary/aromatic N) is 4. The summed E-state index contributed by atoms with van der Waals surface area (Å²) in [6.07, 6.45) is 6.38. The maximum Gasteiger partial charge on any atom is 0.276 e. The first-order chi connectivity index (χ1) is 10.2. The van der Waals surface area contributed by atoms with E-state index in [9.17, 15) is 4.79 Å². The van der Waals surface area contributed by atoms with Gasteiger partial charge in [0.25, 0.3) is 5.91 Å². The first-order valence-corrected chi connectivity index (χ1v) is 6.87. The minimum atomic E-state index is -0.0928. The van der Waals surface area contributed by atoms with Crippen LogP contribution in [0.25, 0.3) is 0 Å². The Kier molecular flexibility index (Phi) is 3.81. The van der Waals surface area contributed by atoms with Crippen molar-refractivity contribution >= 4 is 5.91 Å². The van der Waals surface area contributed by atoms with E-state index in [0.29, 0.717) is 30.4 Å². The van der Waals surface area contributed by atoms with Gasteiger partial charge < -0.3 is 14.2 Å². The van der Waals surface area contributed by atoms with Gasteiger partial charge in [-0.25, -0.2) is 4.98 Å². The molecule has 110 valence electrons. The van der Waals surface area contributed by atoms with E-state index in [-0.39, 0.29) is 12.0 Å². The van der Waals surface area contributed by atoms with Crippen molar-refractivity contribution in [1.29, 1.82) is 0 Å². The fraction of sp³-hybridized carbons (Fsp3) is 0.429. The average Bonchev–Trinajstić information content (AvgIpc) is 2.95. The highest BCUT2D eigenvalue weighted by molar-refractivity contribution is 5.92. The van der Waals surface area contributed by atoms with Gasteiger partial charge in [-0.15, -0.1) is 0 Å². The van der Waals surface area contributed by atoms with Gasteiger partial charge in [-0.05, 0) is 6.92 Å². The molecule has 0 spiro atoms. The third-order valence-corrected chi connectivity index (χ3v) is 3.40. The number of hydrogen-bond acceptors (Lipinski definition) is 6. The molecule has 7 nitrogen and oxygen atoms in total. The molecule has 2 aromatic heterocycles. The maximum atomic E-state index is 12.2. The molecule has 0 unspecified atom stereocenters. The zero-order chi connectivity index (χ0) is 14.7. The molecule has 21 heavy (non-hydrogen) atoms. The Balaban J connectivity index is 1.54. The van der Waals surface area contributed by atoms with Crippen LogP contribution in [0.5, 0.6) is 5.88 Å². The number of carbonyl (C=O) groups is 1. The summed E-state index contributed by atoms with van der Waals surface area (Å²) in [4.78, 5) is 22.0. The van der Waals surface area contributed by atoms with Gasteiger partial charge >= 0.3 is 0 Å². The lowest BCUT2D eigenvalue weighted by atomic mass is 10.1. The zero-order valence-corrected chi connectivity index (χ0v) is 11.7. The largest absolute Gasteiger partial charge is 0.473 e. The molecule has 0 aromatic carbocycles. The number of rotatable bonds is 3. The fourth-order valence-corrected chi connectivity index (χ4v) is 2.32.